The molecular formula is C23H36O3. The summed E-state index contributed by atoms with van der Waals surface area (Å²) < 4.78 is 11.5. The summed E-state index contributed by atoms with van der Waals surface area (Å²) in [5, 5.41) is 0. The summed E-state index contributed by atoms with van der Waals surface area (Å²) in [5.41, 5.74) is 0.762. The summed E-state index contributed by atoms with van der Waals surface area (Å²) in [6.45, 7) is 6.56. The molecule has 0 N–H and O–H groups in total. The van der Waals surface area contributed by atoms with E-state index < -0.39 is 0 Å². The van der Waals surface area contributed by atoms with Crippen LogP contribution in [0.4, 0.5) is 0 Å². The van der Waals surface area contributed by atoms with E-state index in [0.29, 0.717) is 46.2 Å². The first-order valence-corrected chi connectivity index (χ1v) is 11.3. The molecule has 1 heterocycles. The molecule has 3 nitrogen and oxygen atoms in total. The Bertz CT molecular complexity index is 568. The van der Waals surface area contributed by atoms with E-state index in [-0.39, 0.29) is 6.29 Å². The molecule has 5 fully saturated rings. The van der Waals surface area contributed by atoms with Gasteiger partial charge in [0.2, 0.25) is 0 Å². The number of carbonyl (C=O) groups is 1. The van der Waals surface area contributed by atoms with Gasteiger partial charge in [0.25, 0.3) is 0 Å². The van der Waals surface area contributed by atoms with E-state index in [1.807, 2.05) is 0 Å². The van der Waals surface area contributed by atoms with Crippen LogP contribution in [0.1, 0.15) is 78.1 Å². The van der Waals surface area contributed by atoms with Crippen LogP contribution in [0.25, 0.3) is 0 Å². The van der Waals surface area contributed by atoms with Crippen LogP contribution in [0.2, 0.25) is 0 Å². The minimum atomic E-state index is 0.00981. The molecule has 0 aromatic rings. The molecule has 0 aromatic heterocycles. The van der Waals surface area contributed by atoms with Gasteiger partial charge >= 0.3 is 0 Å². The Hall–Kier alpha value is -0.410. The molecule has 0 aromatic carbocycles. The van der Waals surface area contributed by atoms with Gasteiger partial charge in [0.05, 0.1) is 13.2 Å². The zero-order chi connectivity index (χ0) is 17.9. The Kier molecular flexibility index (Phi) is 4.29. The van der Waals surface area contributed by atoms with Gasteiger partial charge in [0.1, 0.15) is 5.78 Å². The molecule has 146 valence electrons. The largest absolute Gasteiger partial charge is 0.350 e. The lowest BCUT2D eigenvalue weighted by Crippen LogP contribution is -2.56. The molecule has 26 heavy (non-hydrogen) atoms. The van der Waals surface area contributed by atoms with Crippen molar-refractivity contribution in [1.29, 1.82) is 0 Å². The molecule has 1 aliphatic heterocycles. The molecule has 5 aliphatic rings. The van der Waals surface area contributed by atoms with Gasteiger partial charge in [-0.3, -0.25) is 4.79 Å². The lowest BCUT2D eigenvalue weighted by atomic mass is 9.44. The van der Waals surface area contributed by atoms with E-state index in [9.17, 15) is 4.79 Å². The number of hydrogen-bond donors (Lipinski definition) is 0. The number of ether oxygens (including phenoxy) is 2. The van der Waals surface area contributed by atoms with Crippen molar-refractivity contribution in [2.45, 2.75) is 84.3 Å². The lowest BCUT2D eigenvalue weighted by Gasteiger charge is -2.59. The molecule has 5 rings (SSSR count). The van der Waals surface area contributed by atoms with Crippen LogP contribution in [0, 0.1) is 40.4 Å². The highest BCUT2D eigenvalue weighted by Crippen LogP contribution is 2.67. The molecule has 0 amide bonds. The predicted molar refractivity (Wildman–Crippen MR) is 101 cm³/mol. The molecular weight excluding hydrogens is 324 g/mol. The normalized spacial score (nSPS) is 51.8. The first-order valence-electron chi connectivity index (χ1n) is 11.3. The average molecular weight is 361 g/mol. The van der Waals surface area contributed by atoms with Gasteiger partial charge in [-0.25, -0.2) is 0 Å². The van der Waals surface area contributed by atoms with Crippen molar-refractivity contribution >= 4 is 5.78 Å². The van der Waals surface area contributed by atoms with Crippen molar-refractivity contribution in [3.8, 4) is 0 Å². The Labute approximate surface area is 158 Å². The molecule has 0 radical (unpaired) electrons. The van der Waals surface area contributed by atoms with Crippen LogP contribution in [0.5, 0.6) is 0 Å². The third-order valence-electron chi connectivity index (χ3n) is 9.75. The number of rotatable bonds is 2. The van der Waals surface area contributed by atoms with Gasteiger partial charge in [0, 0.05) is 18.8 Å². The van der Waals surface area contributed by atoms with Crippen LogP contribution < -0.4 is 0 Å². The fourth-order valence-corrected chi connectivity index (χ4v) is 8.23. The van der Waals surface area contributed by atoms with Crippen LogP contribution >= 0.6 is 0 Å². The molecule has 6 unspecified atom stereocenters. The smallest absolute Gasteiger partial charge is 0.158 e. The lowest BCUT2D eigenvalue weighted by molar-refractivity contribution is -0.157. The highest BCUT2D eigenvalue weighted by Gasteiger charge is 2.62. The molecule has 7 atom stereocenters. The van der Waals surface area contributed by atoms with Crippen molar-refractivity contribution in [1.82, 2.24) is 0 Å². The second-order valence-electron chi connectivity index (χ2n) is 10.6. The second-order valence-corrected chi connectivity index (χ2v) is 10.6. The Balaban J connectivity index is 1.40. The number of carbonyl (C=O) groups excluding carboxylic acids is 1. The third kappa shape index (κ3) is 2.49. The van der Waals surface area contributed by atoms with Gasteiger partial charge in [-0.1, -0.05) is 26.7 Å². The van der Waals surface area contributed by atoms with Gasteiger partial charge in [-0.05, 0) is 73.0 Å². The van der Waals surface area contributed by atoms with Crippen LogP contribution in [-0.4, -0.2) is 25.3 Å². The number of fused-ring (bicyclic) bond motifs is 5. The summed E-state index contributed by atoms with van der Waals surface area (Å²) in [6.07, 6.45) is 12.4. The quantitative estimate of drug-likeness (QED) is 0.697. The minimum Gasteiger partial charge on any atom is -0.350 e. The van der Waals surface area contributed by atoms with Crippen LogP contribution in [-0.2, 0) is 14.3 Å². The van der Waals surface area contributed by atoms with Crippen molar-refractivity contribution in [2.24, 2.45) is 40.4 Å². The monoisotopic (exact) mass is 360 g/mol. The third-order valence-corrected chi connectivity index (χ3v) is 9.75. The maximum atomic E-state index is 13.3. The summed E-state index contributed by atoms with van der Waals surface area (Å²) in [5.74, 6) is 3.59. The summed E-state index contributed by atoms with van der Waals surface area (Å²) >= 11 is 0. The SMILES string of the molecule is CC12CCCCC1CC(=O)C1C2CCC2(C)C1CC[C@@H]2CC1OCCO1. The standard InChI is InChI=1S/C23H36O3/c1-22-9-4-3-5-15(22)13-19(24)21-17-7-6-16(14-20-25-11-12-26-20)23(17,2)10-8-18(21)22/h15-18,20-21H,3-14H2,1-2H3/t15?,16-,17?,18?,21?,22?,23?/m1/s1. The number of Topliss-reactive ketones (excluding diaryl/α,β-unsaturated/α-hetero) is 1. The molecule has 4 aliphatic carbocycles. The van der Waals surface area contributed by atoms with Crippen LogP contribution in [0.3, 0.4) is 0 Å². The van der Waals surface area contributed by atoms with Crippen LogP contribution in [0.15, 0.2) is 0 Å². The summed E-state index contributed by atoms with van der Waals surface area (Å²) in [4.78, 5) is 13.3. The van der Waals surface area contributed by atoms with E-state index in [0.717, 1.165) is 26.1 Å². The fourth-order valence-electron chi connectivity index (χ4n) is 8.23. The van der Waals surface area contributed by atoms with Gasteiger partial charge in [0.15, 0.2) is 6.29 Å². The first kappa shape index (κ1) is 17.7. The maximum absolute atomic E-state index is 13.3. The molecule has 1 saturated heterocycles. The Morgan fingerprint density at radius 3 is 2.50 bits per heavy atom. The molecule has 0 spiro atoms. The topological polar surface area (TPSA) is 35.5 Å². The van der Waals surface area contributed by atoms with Crippen molar-refractivity contribution in [3.05, 3.63) is 0 Å². The molecule has 0 bridgehead atoms. The zero-order valence-corrected chi connectivity index (χ0v) is 16.7. The highest BCUT2D eigenvalue weighted by atomic mass is 16.7. The number of hydrogen-bond acceptors (Lipinski definition) is 3. The van der Waals surface area contributed by atoms with E-state index in [1.165, 1.54) is 51.4 Å². The number of ketones is 1. The molecule has 4 saturated carbocycles. The van der Waals surface area contributed by atoms with E-state index in [4.69, 9.17) is 9.47 Å². The van der Waals surface area contributed by atoms with Gasteiger partial charge < -0.3 is 9.47 Å². The summed E-state index contributed by atoms with van der Waals surface area (Å²) in [7, 11) is 0. The Morgan fingerprint density at radius 2 is 1.69 bits per heavy atom. The van der Waals surface area contributed by atoms with Crippen molar-refractivity contribution in [3.63, 3.8) is 0 Å². The van der Waals surface area contributed by atoms with E-state index >= 15 is 0 Å². The maximum Gasteiger partial charge on any atom is 0.158 e. The molecule has 3 heteroatoms. The summed E-state index contributed by atoms with van der Waals surface area (Å²) in [6, 6.07) is 0. The van der Waals surface area contributed by atoms with Crippen molar-refractivity contribution in [2.75, 3.05) is 13.2 Å². The second kappa shape index (κ2) is 6.30. The van der Waals surface area contributed by atoms with E-state index in [2.05, 4.69) is 13.8 Å². The van der Waals surface area contributed by atoms with Gasteiger partial charge in [-0.2, -0.15) is 0 Å². The van der Waals surface area contributed by atoms with Gasteiger partial charge in [-0.15, -0.1) is 0 Å². The zero-order valence-electron chi connectivity index (χ0n) is 16.7. The van der Waals surface area contributed by atoms with Crippen molar-refractivity contribution < 1.29 is 14.3 Å². The Morgan fingerprint density at radius 1 is 0.923 bits per heavy atom. The van der Waals surface area contributed by atoms with E-state index in [1.54, 1.807) is 0 Å². The highest BCUT2D eigenvalue weighted by molar-refractivity contribution is 5.83. The predicted octanol–water partition coefficient (Wildman–Crippen LogP) is 4.98. The first-order chi connectivity index (χ1) is 12.5. The minimum absolute atomic E-state index is 0.00981. The fraction of sp³-hybridized carbons (Fsp3) is 0.957. The average Bonchev–Trinajstić information content (AvgIpc) is 3.24.